The van der Waals surface area contributed by atoms with Crippen LogP contribution in [-0.4, -0.2) is 50.6 Å². The van der Waals surface area contributed by atoms with Gasteiger partial charge in [-0.3, -0.25) is 9.59 Å². The molecule has 1 atom stereocenters. The summed E-state index contributed by atoms with van der Waals surface area (Å²) in [6.07, 6.45) is 3.48. The van der Waals surface area contributed by atoms with Gasteiger partial charge in [0.1, 0.15) is 5.82 Å². The first kappa shape index (κ1) is 19.4. The first-order chi connectivity index (χ1) is 14.1. The lowest BCUT2D eigenvalue weighted by Crippen LogP contribution is -3.15. The van der Waals surface area contributed by atoms with E-state index in [2.05, 4.69) is 10.6 Å². The lowest BCUT2D eigenvalue weighted by molar-refractivity contribution is -0.932. The fraction of sp³-hybridized carbons (Fsp3) is 0.429. The molecule has 2 aromatic rings. The van der Waals surface area contributed by atoms with E-state index >= 15 is 0 Å². The Bertz CT molecular complexity index is 845. The third-order valence-electron chi connectivity index (χ3n) is 5.56. The highest BCUT2D eigenvalue weighted by molar-refractivity contribution is 6.35. The average molecular weight is 401 g/mol. The van der Waals surface area contributed by atoms with Crippen molar-refractivity contribution < 1.29 is 23.3 Å². The molecule has 154 valence electrons. The molecule has 2 heterocycles. The van der Waals surface area contributed by atoms with E-state index in [4.69, 9.17) is 4.42 Å². The number of piperazine rings is 1. The fourth-order valence-electron chi connectivity index (χ4n) is 3.78. The summed E-state index contributed by atoms with van der Waals surface area (Å²) >= 11 is 0. The number of hydrogen-bond acceptors (Lipinski definition) is 4. The van der Waals surface area contributed by atoms with Gasteiger partial charge in [0.2, 0.25) is 0 Å². The van der Waals surface area contributed by atoms with Crippen LogP contribution in [0.5, 0.6) is 0 Å². The summed E-state index contributed by atoms with van der Waals surface area (Å²) in [5.74, 6) is -0.641. The van der Waals surface area contributed by atoms with Crippen molar-refractivity contribution in [3.8, 4) is 0 Å². The number of quaternary nitrogens is 1. The molecule has 2 amide bonds. The van der Waals surface area contributed by atoms with Crippen LogP contribution in [0.3, 0.4) is 0 Å². The Morgan fingerprint density at radius 1 is 1.14 bits per heavy atom. The van der Waals surface area contributed by atoms with Crippen LogP contribution in [0.2, 0.25) is 0 Å². The van der Waals surface area contributed by atoms with Gasteiger partial charge in [-0.15, -0.1) is 0 Å². The van der Waals surface area contributed by atoms with Gasteiger partial charge in [-0.05, 0) is 37.1 Å². The number of halogens is 1. The minimum absolute atomic E-state index is 0.106. The number of hydrogen-bond donors (Lipinski definition) is 3. The Labute approximate surface area is 168 Å². The zero-order valence-electron chi connectivity index (χ0n) is 16.2. The first-order valence-corrected chi connectivity index (χ1v) is 10.1. The van der Waals surface area contributed by atoms with E-state index < -0.39 is 11.8 Å². The Balaban J connectivity index is 1.37. The molecule has 0 radical (unpaired) electrons. The Kier molecular flexibility index (Phi) is 5.80. The van der Waals surface area contributed by atoms with Crippen molar-refractivity contribution in [3.63, 3.8) is 0 Å². The number of anilines is 1. The number of nitrogens with one attached hydrogen (secondary N) is 3. The van der Waals surface area contributed by atoms with Gasteiger partial charge >= 0.3 is 11.8 Å². The molecule has 1 aliphatic carbocycles. The Morgan fingerprint density at radius 2 is 1.90 bits per heavy atom. The van der Waals surface area contributed by atoms with E-state index in [1.165, 1.54) is 11.0 Å². The Morgan fingerprint density at radius 3 is 2.55 bits per heavy atom. The summed E-state index contributed by atoms with van der Waals surface area (Å²) in [4.78, 5) is 27.3. The molecular formula is C21H26FN4O3+. The van der Waals surface area contributed by atoms with Gasteiger partial charge < -0.3 is 24.9 Å². The molecule has 1 aromatic heterocycles. The van der Waals surface area contributed by atoms with E-state index in [-0.39, 0.29) is 17.9 Å². The van der Waals surface area contributed by atoms with Crippen LogP contribution in [0.4, 0.5) is 10.1 Å². The summed E-state index contributed by atoms with van der Waals surface area (Å²) in [6.45, 7) is 3.24. The van der Waals surface area contributed by atoms with Crippen LogP contribution in [0.1, 0.15) is 24.6 Å². The molecule has 1 saturated heterocycles. The maximum Gasteiger partial charge on any atom is 0.309 e. The number of carbonyl (C=O) groups is 2. The van der Waals surface area contributed by atoms with Crippen molar-refractivity contribution in [1.29, 1.82) is 0 Å². The van der Waals surface area contributed by atoms with Crippen molar-refractivity contribution in [3.05, 3.63) is 54.2 Å². The molecular weight excluding hydrogens is 375 g/mol. The van der Waals surface area contributed by atoms with Crippen LogP contribution in [0.25, 0.3) is 0 Å². The SMILES string of the molecule is O=C(NC[C@H](c1ccco1)[NH+]1CCN(c2ccccc2F)CC1)C(=O)NC1CC1. The van der Waals surface area contributed by atoms with Gasteiger partial charge in [-0.1, -0.05) is 12.1 Å². The van der Waals surface area contributed by atoms with Crippen molar-refractivity contribution in [2.24, 2.45) is 0 Å². The quantitative estimate of drug-likeness (QED) is 0.607. The maximum absolute atomic E-state index is 14.1. The molecule has 4 rings (SSSR count). The van der Waals surface area contributed by atoms with Crippen LogP contribution >= 0.6 is 0 Å². The third kappa shape index (κ3) is 4.76. The van der Waals surface area contributed by atoms with Crippen LogP contribution in [0.15, 0.2) is 47.1 Å². The second kappa shape index (κ2) is 8.65. The fourth-order valence-corrected chi connectivity index (χ4v) is 3.78. The molecule has 2 aliphatic rings. The number of benzene rings is 1. The number of para-hydroxylation sites is 1. The molecule has 0 bridgehead atoms. The first-order valence-electron chi connectivity index (χ1n) is 10.1. The lowest BCUT2D eigenvalue weighted by atomic mass is 10.1. The lowest BCUT2D eigenvalue weighted by Gasteiger charge is -2.37. The number of furan rings is 1. The minimum Gasteiger partial charge on any atom is -0.463 e. The van der Waals surface area contributed by atoms with Crippen molar-refractivity contribution in [2.45, 2.75) is 24.9 Å². The minimum atomic E-state index is -0.613. The number of rotatable bonds is 6. The molecule has 8 heteroatoms. The van der Waals surface area contributed by atoms with Gasteiger partial charge in [0, 0.05) is 6.04 Å². The molecule has 29 heavy (non-hydrogen) atoms. The summed E-state index contributed by atoms with van der Waals surface area (Å²) in [7, 11) is 0. The zero-order valence-corrected chi connectivity index (χ0v) is 16.2. The standard InChI is InChI=1S/C21H25FN4O3/c22-16-4-1-2-5-17(16)25-9-11-26(12-10-25)18(19-6-3-13-29-19)14-23-20(27)21(28)24-15-7-8-15/h1-6,13,15,18H,7-12,14H2,(H,23,27)(H,24,28)/p+1/t18-/m1/s1. The summed E-state index contributed by atoms with van der Waals surface area (Å²) < 4.78 is 19.7. The summed E-state index contributed by atoms with van der Waals surface area (Å²) in [5.41, 5.74) is 0.617. The summed E-state index contributed by atoms with van der Waals surface area (Å²) in [6, 6.07) is 10.5. The van der Waals surface area contributed by atoms with Crippen LogP contribution < -0.4 is 20.4 Å². The maximum atomic E-state index is 14.1. The molecule has 1 aliphatic heterocycles. The largest absolute Gasteiger partial charge is 0.463 e. The number of amides is 2. The molecule has 2 fully saturated rings. The zero-order chi connectivity index (χ0) is 20.2. The van der Waals surface area contributed by atoms with E-state index in [0.29, 0.717) is 25.3 Å². The van der Waals surface area contributed by atoms with E-state index in [0.717, 1.165) is 31.7 Å². The van der Waals surface area contributed by atoms with Gasteiger partial charge in [-0.2, -0.15) is 0 Å². The second-order valence-electron chi connectivity index (χ2n) is 7.62. The van der Waals surface area contributed by atoms with Gasteiger partial charge in [0.15, 0.2) is 11.8 Å². The molecule has 7 nitrogen and oxygen atoms in total. The smallest absolute Gasteiger partial charge is 0.309 e. The topological polar surface area (TPSA) is 79.0 Å². The highest BCUT2D eigenvalue weighted by Gasteiger charge is 2.32. The van der Waals surface area contributed by atoms with E-state index in [1.54, 1.807) is 18.4 Å². The van der Waals surface area contributed by atoms with E-state index in [1.807, 2.05) is 23.1 Å². The van der Waals surface area contributed by atoms with Crippen molar-refractivity contribution in [1.82, 2.24) is 10.6 Å². The average Bonchev–Trinajstić information content (AvgIpc) is 3.38. The summed E-state index contributed by atoms with van der Waals surface area (Å²) in [5, 5.41) is 5.45. The van der Waals surface area contributed by atoms with Crippen LogP contribution in [-0.2, 0) is 9.59 Å². The molecule has 0 unspecified atom stereocenters. The van der Waals surface area contributed by atoms with Crippen molar-refractivity contribution in [2.75, 3.05) is 37.6 Å². The number of nitrogens with zero attached hydrogens (tertiary/aromatic N) is 1. The second-order valence-corrected chi connectivity index (χ2v) is 7.62. The Hall–Kier alpha value is -2.87. The van der Waals surface area contributed by atoms with Gasteiger partial charge in [0.05, 0.1) is 44.7 Å². The van der Waals surface area contributed by atoms with E-state index in [9.17, 15) is 14.0 Å². The molecule has 0 spiro atoms. The monoisotopic (exact) mass is 401 g/mol. The normalized spacial score (nSPS) is 18.3. The van der Waals surface area contributed by atoms with Crippen molar-refractivity contribution >= 4 is 17.5 Å². The highest BCUT2D eigenvalue weighted by Crippen LogP contribution is 2.19. The number of carbonyl (C=O) groups excluding carboxylic acids is 2. The third-order valence-corrected chi connectivity index (χ3v) is 5.56. The predicted octanol–water partition coefficient (Wildman–Crippen LogP) is 0.260. The highest BCUT2D eigenvalue weighted by atomic mass is 19.1. The molecule has 1 saturated carbocycles. The van der Waals surface area contributed by atoms with Gasteiger partial charge in [-0.25, -0.2) is 4.39 Å². The molecule has 3 N–H and O–H groups in total. The van der Waals surface area contributed by atoms with Crippen LogP contribution in [0, 0.1) is 5.82 Å². The van der Waals surface area contributed by atoms with Gasteiger partial charge in [0.25, 0.3) is 0 Å². The predicted molar refractivity (Wildman–Crippen MR) is 105 cm³/mol. The molecule has 1 aromatic carbocycles.